The number of amides is 1. The molecule has 1 amide bonds. The van der Waals surface area contributed by atoms with Crippen LogP contribution < -0.4 is 11.2 Å². The van der Waals surface area contributed by atoms with Gasteiger partial charge < -0.3 is 9.47 Å². The van der Waals surface area contributed by atoms with E-state index in [4.69, 9.17) is 0 Å². The molecule has 0 atom stereocenters. The monoisotopic (exact) mass is 474 g/mol. The van der Waals surface area contributed by atoms with Crippen LogP contribution >= 0.6 is 0 Å². The summed E-state index contributed by atoms with van der Waals surface area (Å²) in [5.74, 6) is 0.138. The molecule has 0 bridgehead atoms. The lowest BCUT2D eigenvalue weighted by Gasteiger charge is -2.35. The van der Waals surface area contributed by atoms with Crippen LogP contribution in [0.25, 0.3) is 21.9 Å². The van der Waals surface area contributed by atoms with Crippen molar-refractivity contribution in [2.75, 3.05) is 26.2 Å². The van der Waals surface area contributed by atoms with Gasteiger partial charge in [0.2, 0.25) is 5.91 Å². The number of hydrogen-bond donors (Lipinski definition) is 0. The molecule has 0 saturated carbocycles. The second-order valence-electron chi connectivity index (χ2n) is 9.21. The van der Waals surface area contributed by atoms with Crippen molar-refractivity contribution in [1.82, 2.24) is 28.5 Å². The number of nitrogens with zero attached hydrogens (tertiary/aromatic N) is 6. The number of aryl methyl sites for hydroxylation is 2. The van der Waals surface area contributed by atoms with Gasteiger partial charge in [0.05, 0.1) is 6.33 Å². The number of carbonyl (C=O) groups excluding carboxylic acids is 1. The van der Waals surface area contributed by atoms with E-state index in [0.29, 0.717) is 30.6 Å². The standard InChI is InChI=1S/C26H30N6O3/c1-28-24-23(25(34)29(2)26(28)35)32(18-27-24)12-6-11-22(33)31-15-13-30(14-16-31)17-20-9-5-8-19-7-3-4-10-21(19)20/h3-5,7-10,18H,6,11-17H2,1-2H3. The Balaban J connectivity index is 1.15. The molecule has 0 unspecified atom stereocenters. The number of imidazole rings is 1. The first kappa shape index (κ1) is 23.0. The maximum Gasteiger partial charge on any atom is 0.332 e. The lowest BCUT2D eigenvalue weighted by atomic mass is 10.0. The van der Waals surface area contributed by atoms with Crippen LogP contribution in [0, 0.1) is 0 Å². The SMILES string of the molecule is Cn1c(=O)c2c(ncn2CCCC(=O)N2CCN(Cc3cccc4ccccc34)CC2)n(C)c1=O. The average Bonchev–Trinajstić information content (AvgIpc) is 3.31. The zero-order valence-corrected chi connectivity index (χ0v) is 20.2. The van der Waals surface area contributed by atoms with E-state index in [1.807, 2.05) is 4.90 Å². The second kappa shape index (κ2) is 9.50. The van der Waals surface area contributed by atoms with Gasteiger partial charge in [0, 0.05) is 59.8 Å². The Morgan fingerprint density at radius 1 is 0.943 bits per heavy atom. The Kier molecular flexibility index (Phi) is 6.25. The first-order valence-electron chi connectivity index (χ1n) is 12.0. The van der Waals surface area contributed by atoms with Crippen molar-refractivity contribution in [2.24, 2.45) is 14.1 Å². The fourth-order valence-electron chi connectivity index (χ4n) is 4.95. The molecular formula is C26H30N6O3. The highest BCUT2D eigenvalue weighted by Crippen LogP contribution is 2.20. The summed E-state index contributed by atoms with van der Waals surface area (Å²) in [7, 11) is 3.07. The molecule has 9 nitrogen and oxygen atoms in total. The molecule has 2 aromatic carbocycles. The van der Waals surface area contributed by atoms with Crippen molar-refractivity contribution in [3.05, 3.63) is 75.2 Å². The summed E-state index contributed by atoms with van der Waals surface area (Å²) < 4.78 is 4.20. The van der Waals surface area contributed by atoms with E-state index in [1.54, 1.807) is 17.9 Å². The maximum atomic E-state index is 12.8. The van der Waals surface area contributed by atoms with Crippen LogP contribution in [-0.2, 0) is 32.0 Å². The van der Waals surface area contributed by atoms with Crippen molar-refractivity contribution in [3.63, 3.8) is 0 Å². The molecular weight excluding hydrogens is 444 g/mol. The van der Waals surface area contributed by atoms with E-state index < -0.39 is 5.69 Å². The minimum atomic E-state index is -0.400. The third kappa shape index (κ3) is 4.39. The van der Waals surface area contributed by atoms with Gasteiger partial charge in [0.1, 0.15) is 0 Å². The maximum absolute atomic E-state index is 12.8. The van der Waals surface area contributed by atoms with E-state index in [1.165, 1.54) is 28.0 Å². The summed E-state index contributed by atoms with van der Waals surface area (Å²) in [5.41, 5.74) is 1.31. The molecule has 1 aliphatic heterocycles. The van der Waals surface area contributed by atoms with Gasteiger partial charge in [0.25, 0.3) is 5.56 Å². The zero-order valence-electron chi connectivity index (χ0n) is 20.2. The molecule has 1 aliphatic rings. The average molecular weight is 475 g/mol. The number of piperazine rings is 1. The number of carbonyl (C=O) groups is 1. The molecule has 3 heterocycles. The largest absolute Gasteiger partial charge is 0.340 e. The van der Waals surface area contributed by atoms with Crippen molar-refractivity contribution < 1.29 is 4.79 Å². The summed E-state index contributed by atoms with van der Waals surface area (Å²) in [5, 5.41) is 2.54. The minimum absolute atomic E-state index is 0.138. The molecule has 0 spiro atoms. The highest BCUT2D eigenvalue weighted by molar-refractivity contribution is 5.85. The summed E-state index contributed by atoms with van der Waals surface area (Å²) in [6.45, 7) is 4.53. The molecule has 0 radical (unpaired) electrons. The zero-order chi connectivity index (χ0) is 24.5. The summed E-state index contributed by atoms with van der Waals surface area (Å²) >= 11 is 0. The molecule has 9 heteroatoms. The van der Waals surface area contributed by atoms with E-state index in [2.05, 4.69) is 52.3 Å². The van der Waals surface area contributed by atoms with Crippen LogP contribution in [0.1, 0.15) is 18.4 Å². The van der Waals surface area contributed by atoms with Crippen molar-refractivity contribution in [1.29, 1.82) is 0 Å². The molecule has 182 valence electrons. The minimum Gasteiger partial charge on any atom is -0.340 e. The van der Waals surface area contributed by atoms with Gasteiger partial charge in [-0.3, -0.25) is 23.6 Å². The first-order chi connectivity index (χ1) is 16.9. The Hall–Kier alpha value is -3.72. The van der Waals surface area contributed by atoms with E-state index in [0.717, 1.165) is 37.3 Å². The fourth-order valence-corrected chi connectivity index (χ4v) is 4.95. The number of rotatable bonds is 6. The lowest BCUT2D eigenvalue weighted by molar-refractivity contribution is -0.133. The van der Waals surface area contributed by atoms with Crippen LogP contribution in [0.2, 0.25) is 0 Å². The fraction of sp³-hybridized carbons (Fsp3) is 0.385. The van der Waals surface area contributed by atoms with Gasteiger partial charge in [0.15, 0.2) is 11.2 Å². The van der Waals surface area contributed by atoms with Gasteiger partial charge in [-0.1, -0.05) is 42.5 Å². The van der Waals surface area contributed by atoms with E-state index in [-0.39, 0.29) is 11.5 Å². The summed E-state index contributed by atoms with van der Waals surface area (Å²) in [4.78, 5) is 46.1. The molecule has 0 N–H and O–H groups in total. The summed E-state index contributed by atoms with van der Waals surface area (Å²) in [6.07, 6.45) is 2.59. The van der Waals surface area contributed by atoms with Crippen LogP contribution in [0.5, 0.6) is 0 Å². The van der Waals surface area contributed by atoms with Crippen molar-refractivity contribution >= 4 is 27.8 Å². The van der Waals surface area contributed by atoms with E-state index >= 15 is 0 Å². The normalized spacial score (nSPS) is 14.7. The Morgan fingerprint density at radius 2 is 1.69 bits per heavy atom. The second-order valence-corrected chi connectivity index (χ2v) is 9.21. The van der Waals surface area contributed by atoms with Gasteiger partial charge >= 0.3 is 5.69 Å². The smallest absolute Gasteiger partial charge is 0.332 e. The topological polar surface area (TPSA) is 85.4 Å². The van der Waals surface area contributed by atoms with Crippen LogP contribution in [0.3, 0.4) is 0 Å². The molecule has 2 aromatic heterocycles. The molecule has 5 rings (SSSR count). The summed E-state index contributed by atoms with van der Waals surface area (Å²) in [6, 6.07) is 14.9. The Labute approximate surface area is 202 Å². The highest BCUT2D eigenvalue weighted by atomic mass is 16.2. The predicted molar refractivity (Wildman–Crippen MR) is 135 cm³/mol. The lowest BCUT2D eigenvalue weighted by Crippen LogP contribution is -2.48. The van der Waals surface area contributed by atoms with Gasteiger partial charge in [-0.05, 0) is 22.8 Å². The van der Waals surface area contributed by atoms with E-state index in [9.17, 15) is 14.4 Å². The molecule has 1 fully saturated rings. The Bertz CT molecular complexity index is 1500. The van der Waals surface area contributed by atoms with Crippen molar-refractivity contribution in [2.45, 2.75) is 25.9 Å². The van der Waals surface area contributed by atoms with Crippen LogP contribution in [0.4, 0.5) is 0 Å². The van der Waals surface area contributed by atoms with Crippen molar-refractivity contribution in [3.8, 4) is 0 Å². The number of benzene rings is 2. The molecule has 35 heavy (non-hydrogen) atoms. The van der Waals surface area contributed by atoms with Crippen LogP contribution in [-0.4, -0.2) is 60.6 Å². The van der Waals surface area contributed by atoms with Gasteiger partial charge in [-0.15, -0.1) is 0 Å². The predicted octanol–water partition coefficient (Wildman–Crippen LogP) is 1.71. The number of fused-ring (bicyclic) bond motifs is 2. The molecule has 1 saturated heterocycles. The van der Waals surface area contributed by atoms with Gasteiger partial charge in [-0.25, -0.2) is 9.78 Å². The molecule has 0 aliphatic carbocycles. The van der Waals surface area contributed by atoms with Gasteiger partial charge in [-0.2, -0.15) is 0 Å². The third-order valence-electron chi connectivity index (χ3n) is 7.01. The highest BCUT2D eigenvalue weighted by Gasteiger charge is 2.21. The third-order valence-corrected chi connectivity index (χ3v) is 7.01. The number of aromatic nitrogens is 4. The Morgan fingerprint density at radius 3 is 2.49 bits per heavy atom. The molecule has 4 aromatic rings. The van der Waals surface area contributed by atoms with Crippen LogP contribution in [0.15, 0.2) is 58.4 Å². The first-order valence-corrected chi connectivity index (χ1v) is 12.0. The number of hydrogen-bond acceptors (Lipinski definition) is 5. The quantitative estimate of drug-likeness (QED) is 0.425.